The molecule has 2 heteroatoms. The number of likely N-dealkylation sites (tertiary alicyclic amines) is 1. The smallest absolute Gasteiger partial charge is 0.00503 e. The summed E-state index contributed by atoms with van der Waals surface area (Å²) in [7, 11) is 0. The highest BCUT2D eigenvalue weighted by atomic mass is 15.2. The molecule has 1 saturated heterocycles. The van der Waals surface area contributed by atoms with Gasteiger partial charge in [-0.15, -0.1) is 0 Å². The van der Waals surface area contributed by atoms with Gasteiger partial charge in [0.05, 0.1) is 0 Å². The van der Waals surface area contributed by atoms with Gasteiger partial charge in [-0.1, -0.05) is 46.5 Å². The highest BCUT2D eigenvalue weighted by Gasteiger charge is 2.35. The highest BCUT2D eigenvalue weighted by molar-refractivity contribution is 4.90. The minimum Gasteiger partial charge on any atom is -0.316 e. The lowest BCUT2D eigenvalue weighted by Crippen LogP contribution is -2.45. The standard InChI is InChI=1S/C19H38N2/c1-4-8-18-9-12-21(14-18)16-19(10-6-5-7-11-19)15-20-13-17(2)3/h17-18,20H,4-16H2,1-3H3. The van der Waals surface area contributed by atoms with Crippen molar-refractivity contribution in [3.63, 3.8) is 0 Å². The van der Waals surface area contributed by atoms with Gasteiger partial charge in [0, 0.05) is 19.6 Å². The quantitative estimate of drug-likeness (QED) is 0.718. The van der Waals surface area contributed by atoms with E-state index in [1.807, 2.05) is 0 Å². The fourth-order valence-electron chi connectivity index (χ4n) is 4.49. The number of hydrogen-bond acceptors (Lipinski definition) is 2. The van der Waals surface area contributed by atoms with E-state index in [0.29, 0.717) is 5.41 Å². The van der Waals surface area contributed by atoms with Crippen LogP contribution in [0.5, 0.6) is 0 Å². The second-order valence-electron chi connectivity index (χ2n) is 8.26. The third kappa shape index (κ3) is 5.56. The molecule has 1 heterocycles. The maximum absolute atomic E-state index is 3.78. The Labute approximate surface area is 133 Å². The first-order chi connectivity index (χ1) is 10.1. The van der Waals surface area contributed by atoms with Gasteiger partial charge in [-0.05, 0) is 56.0 Å². The van der Waals surface area contributed by atoms with Crippen molar-refractivity contribution in [2.24, 2.45) is 17.3 Å². The van der Waals surface area contributed by atoms with Gasteiger partial charge in [0.2, 0.25) is 0 Å². The average Bonchev–Trinajstić information content (AvgIpc) is 2.87. The Hall–Kier alpha value is -0.0800. The van der Waals surface area contributed by atoms with Gasteiger partial charge in [0.1, 0.15) is 0 Å². The summed E-state index contributed by atoms with van der Waals surface area (Å²) in [5.41, 5.74) is 0.578. The molecule has 0 aromatic rings. The molecule has 124 valence electrons. The predicted molar refractivity (Wildman–Crippen MR) is 92.7 cm³/mol. The van der Waals surface area contributed by atoms with Crippen molar-refractivity contribution in [2.75, 3.05) is 32.7 Å². The van der Waals surface area contributed by atoms with E-state index in [4.69, 9.17) is 0 Å². The molecule has 1 N–H and O–H groups in total. The lowest BCUT2D eigenvalue weighted by Gasteiger charge is -2.41. The van der Waals surface area contributed by atoms with E-state index in [2.05, 4.69) is 31.0 Å². The Bertz CT molecular complexity index is 281. The van der Waals surface area contributed by atoms with E-state index in [1.165, 1.54) is 84.1 Å². The highest BCUT2D eigenvalue weighted by Crippen LogP contribution is 2.38. The van der Waals surface area contributed by atoms with E-state index in [1.54, 1.807) is 0 Å². The first-order valence-corrected chi connectivity index (χ1v) is 9.56. The summed E-state index contributed by atoms with van der Waals surface area (Å²) >= 11 is 0. The van der Waals surface area contributed by atoms with Gasteiger partial charge in [-0.3, -0.25) is 0 Å². The number of nitrogens with zero attached hydrogens (tertiary/aromatic N) is 1. The molecule has 1 atom stereocenters. The van der Waals surface area contributed by atoms with Crippen molar-refractivity contribution >= 4 is 0 Å². The van der Waals surface area contributed by atoms with Gasteiger partial charge >= 0.3 is 0 Å². The van der Waals surface area contributed by atoms with Crippen molar-refractivity contribution in [1.82, 2.24) is 10.2 Å². The van der Waals surface area contributed by atoms with Crippen LogP contribution in [-0.2, 0) is 0 Å². The third-order valence-electron chi connectivity index (χ3n) is 5.59. The van der Waals surface area contributed by atoms with Crippen LogP contribution in [0, 0.1) is 17.3 Å². The summed E-state index contributed by atoms with van der Waals surface area (Å²) in [4.78, 5) is 2.79. The van der Waals surface area contributed by atoms with Crippen molar-refractivity contribution in [1.29, 1.82) is 0 Å². The summed E-state index contributed by atoms with van der Waals surface area (Å²) in [6, 6.07) is 0. The van der Waals surface area contributed by atoms with Gasteiger partial charge < -0.3 is 10.2 Å². The average molecular weight is 295 g/mol. The molecule has 2 nitrogen and oxygen atoms in total. The zero-order valence-electron chi connectivity index (χ0n) is 14.8. The molecule has 1 aliphatic carbocycles. The Morgan fingerprint density at radius 1 is 1.19 bits per heavy atom. The van der Waals surface area contributed by atoms with Crippen molar-refractivity contribution in [3.05, 3.63) is 0 Å². The van der Waals surface area contributed by atoms with Crippen molar-refractivity contribution in [3.8, 4) is 0 Å². The third-order valence-corrected chi connectivity index (χ3v) is 5.59. The fraction of sp³-hybridized carbons (Fsp3) is 1.00. The van der Waals surface area contributed by atoms with Crippen LogP contribution in [-0.4, -0.2) is 37.6 Å². The number of nitrogens with one attached hydrogen (secondary N) is 1. The van der Waals surface area contributed by atoms with Crippen molar-refractivity contribution in [2.45, 2.75) is 72.1 Å². The zero-order chi connectivity index (χ0) is 15.1. The molecular weight excluding hydrogens is 256 g/mol. The largest absolute Gasteiger partial charge is 0.316 e. The molecule has 0 radical (unpaired) electrons. The molecule has 21 heavy (non-hydrogen) atoms. The van der Waals surface area contributed by atoms with E-state index >= 15 is 0 Å². The second-order valence-corrected chi connectivity index (χ2v) is 8.26. The molecule has 0 bridgehead atoms. The van der Waals surface area contributed by atoms with Crippen LogP contribution in [0.15, 0.2) is 0 Å². The second kappa shape index (κ2) is 8.53. The van der Waals surface area contributed by atoms with Gasteiger partial charge in [-0.25, -0.2) is 0 Å². The van der Waals surface area contributed by atoms with Crippen LogP contribution in [0.1, 0.15) is 72.1 Å². The lowest BCUT2D eigenvalue weighted by molar-refractivity contribution is 0.113. The summed E-state index contributed by atoms with van der Waals surface area (Å²) in [5.74, 6) is 1.76. The van der Waals surface area contributed by atoms with Crippen LogP contribution in [0.25, 0.3) is 0 Å². The Balaban J connectivity index is 1.84. The SMILES string of the molecule is CCCC1CCN(CC2(CNCC(C)C)CCCCC2)C1. The lowest BCUT2D eigenvalue weighted by atomic mass is 9.73. The molecule has 2 fully saturated rings. The molecule has 2 aliphatic rings. The van der Waals surface area contributed by atoms with E-state index in [9.17, 15) is 0 Å². The number of hydrogen-bond donors (Lipinski definition) is 1. The summed E-state index contributed by atoms with van der Waals surface area (Å²) in [6.45, 7) is 13.5. The summed E-state index contributed by atoms with van der Waals surface area (Å²) < 4.78 is 0. The van der Waals surface area contributed by atoms with Crippen LogP contribution >= 0.6 is 0 Å². The van der Waals surface area contributed by atoms with Gasteiger partial charge in [0.25, 0.3) is 0 Å². The van der Waals surface area contributed by atoms with E-state index in [-0.39, 0.29) is 0 Å². The Morgan fingerprint density at radius 2 is 1.95 bits per heavy atom. The van der Waals surface area contributed by atoms with Gasteiger partial charge in [0.15, 0.2) is 0 Å². The number of rotatable bonds is 8. The molecule has 0 aromatic heterocycles. The molecule has 0 amide bonds. The topological polar surface area (TPSA) is 15.3 Å². The van der Waals surface area contributed by atoms with Crippen molar-refractivity contribution < 1.29 is 0 Å². The fourth-order valence-corrected chi connectivity index (χ4v) is 4.49. The molecule has 1 unspecified atom stereocenters. The summed E-state index contributed by atoms with van der Waals surface area (Å²) in [5, 5.41) is 3.78. The van der Waals surface area contributed by atoms with Crippen LogP contribution in [0.4, 0.5) is 0 Å². The normalized spacial score (nSPS) is 26.6. The molecule has 0 spiro atoms. The first-order valence-electron chi connectivity index (χ1n) is 9.56. The predicted octanol–water partition coefficient (Wildman–Crippen LogP) is 4.30. The monoisotopic (exact) mass is 294 g/mol. The first kappa shape index (κ1) is 17.3. The Morgan fingerprint density at radius 3 is 2.62 bits per heavy atom. The van der Waals surface area contributed by atoms with E-state index in [0.717, 1.165) is 11.8 Å². The van der Waals surface area contributed by atoms with Gasteiger partial charge in [-0.2, -0.15) is 0 Å². The maximum atomic E-state index is 3.78. The minimum absolute atomic E-state index is 0.578. The molecular formula is C19H38N2. The van der Waals surface area contributed by atoms with Crippen LogP contribution < -0.4 is 5.32 Å². The summed E-state index contributed by atoms with van der Waals surface area (Å²) in [6.07, 6.45) is 11.5. The molecule has 1 saturated carbocycles. The zero-order valence-corrected chi connectivity index (χ0v) is 14.8. The van der Waals surface area contributed by atoms with E-state index < -0.39 is 0 Å². The molecule has 2 rings (SSSR count). The molecule has 0 aromatic carbocycles. The minimum atomic E-state index is 0.578. The molecule has 1 aliphatic heterocycles. The van der Waals surface area contributed by atoms with Crippen LogP contribution in [0.3, 0.4) is 0 Å². The Kier molecular flexibility index (Phi) is 7.01. The van der Waals surface area contributed by atoms with Crippen LogP contribution in [0.2, 0.25) is 0 Å². The maximum Gasteiger partial charge on any atom is 0.00503 e.